The number of benzene rings is 1. The summed E-state index contributed by atoms with van der Waals surface area (Å²) >= 11 is 1.34. The first-order valence-electron chi connectivity index (χ1n) is 5.94. The SMILES string of the molecule is COc1cccc(Nc2nc3c(=O)[nH]c(C)nc3s2)c1. The normalized spacial score (nSPS) is 10.7. The Morgan fingerprint density at radius 3 is 3.00 bits per heavy atom. The van der Waals surface area contributed by atoms with E-state index in [-0.39, 0.29) is 5.56 Å². The highest BCUT2D eigenvalue weighted by Crippen LogP contribution is 2.26. The molecule has 0 aliphatic rings. The topological polar surface area (TPSA) is 79.9 Å². The number of hydrogen-bond acceptors (Lipinski definition) is 6. The summed E-state index contributed by atoms with van der Waals surface area (Å²) in [4.78, 5) is 23.6. The third-order valence-electron chi connectivity index (χ3n) is 2.71. The van der Waals surface area contributed by atoms with E-state index in [0.29, 0.717) is 21.3 Å². The van der Waals surface area contributed by atoms with Gasteiger partial charge >= 0.3 is 0 Å². The fraction of sp³-hybridized carbons (Fsp3) is 0.154. The average Bonchev–Trinajstić information content (AvgIpc) is 2.81. The van der Waals surface area contributed by atoms with E-state index < -0.39 is 0 Å². The molecule has 0 saturated carbocycles. The first-order chi connectivity index (χ1) is 9.65. The van der Waals surface area contributed by atoms with Crippen molar-refractivity contribution < 1.29 is 4.74 Å². The van der Waals surface area contributed by atoms with Crippen molar-refractivity contribution in [3.63, 3.8) is 0 Å². The van der Waals surface area contributed by atoms with Gasteiger partial charge in [-0.25, -0.2) is 9.97 Å². The Balaban J connectivity index is 1.98. The first-order valence-corrected chi connectivity index (χ1v) is 6.76. The van der Waals surface area contributed by atoms with E-state index in [9.17, 15) is 4.79 Å². The van der Waals surface area contributed by atoms with Crippen molar-refractivity contribution in [1.29, 1.82) is 0 Å². The Morgan fingerprint density at radius 2 is 2.20 bits per heavy atom. The Bertz CT molecular complexity index is 825. The van der Waals surface area contributed by atoms with E-state index >= 15 is 0 Å². The zero-order chi connectivity index (χ0) is 14.1. The molecule has 1 aromatic carbocycles. The minimum Gasteiger partial charge on any atom is -0.497 e. The van der Waals surface area contributed by atoms with Crippen molar-refractivity contribution in [1.82, 2.24) is 15.0 Å². The van der Waals surface area contributed by atoms with Crippen molar-refractivity contribution in [2.75, 3.05) is 12.4 Å². The molecule has 0 aliphatic heterocycles. The van der Waals surface area contributed by atoms with E-state index in [2.05, 4.69) is 20.3 Å². The number of aromatic amines is 1. The fourth-order valence-electron chi connectivity index (χ4n) is 1.82. The number of fused-ring (bicyclic) bond motifs is 1. The lowest BCUT2D eigenvalue weighted by Crippen LogP contribution is -2.08. The summed E-state index contributed by atoms with van der Waals surface area (Å²) in [5.74, 6) is 1.34. The maximum Gasteiger partial charge on any atom is 0.278 e. The van der Waals surface area contributed by atoms with Crippen LogP contribution in [-0.2, 0) is 0 Å². The number of thiazole rings is 1. The molecular weight excluding hydrogens is 276 g/mol. The Labute approximate surface area is 118 Å². The van der Waals surface area contributed by atoms with Gasteiger partial charge in [0.2, 0.25) is 0 Å². The number of anilines is 2. The zero-order valence-corrected chi connectivity index (χ0v) is 11.7. The predicted molar refractivity (Wildman–Crippen MR) is 79.0 cm³/mol. The van der Waals surface area contributed by atoms with Gasteiger partial charge in [0, 0.05) is 11.8 Å². The van der Waals surface area contributed by atoms with Gasteiger partial charge in [-0.2, -0.15) is 0 Å². The van der Waals surface area contributed by atoms with Crippen LogP contribution in [0.4, 0.5) is 10.8 Å². The van der Waals surface area contributed by atoms with E-state index in [1.807, 2.05) is 24.3 Å². The second-order valence-electron chi connectivity index (χ2n) is 4.18. The molecular formula is C13H12N4O2S. The molecule has 3 rings (SSSR count). The monoisotopic (exact) mass is 288 g/mol. The number of ether oxygens (including phenoxy) is 1. The summed E-state index contributed by atoms with van der Waals surface area (Å²) in [5.41, 5.74) is 0.977. The lowest BCUT2D eigenvalue weighted by atomic mass is 10.3. The smallest absolute Gasteiger partial charge is 0.278 e. The van der Waals surface area contributed by atoms with Crippen molar-refractivity contribution in [3.8, 4) is 5.75 Å². The molecule has 2 heterocycles. The van der Waals surface area contributed by atoms with Gasteiger partial charge in [0.15, 0.2) is 15.5 Å². The number of rotatable bonds is 3. The van der Waals surface area contributed by atoms with Crippen LogP contribution in [0.1, 0.15) is 5.82 Å². The van der Waals surface area contributed by atoms with Crippen molar-refractivity contribution >= 4 is 32.5 Å². The molecule has 0 atom stereocenters. The molecule has 7 heteroatoms. The highest BCUT2D eigenvalue weighted by atomic mass is 32.1. The number of H-pyrrole nitrogens is 1. The summed E-state index contributed by atoms with van der Waals surface area (Å²) in [6, 6.07) is 7.50. The predicted octanol–water partition coefficient (Wildman–Crippen LogP) is 2.44. The van der Waals surface area contributed by atoms with E-state index in [1.54, 1.807) is 14.0 Å². The molecule has 3 aromatic rings. The van der Waals surface area contributed by atoms with Crippen molar-refractivity contribution in [2.45, 2.75) is 6.92 Å². The molecule has 2 aromatic heterocycles. The Kier molecular flexibility index (Phi) is 3.11. The highest BCUT2D eigenvalue weighted by Gasteiger charge is 2.09. The molecule has 0 saturated heterocycles. The lowest BCUT2D eigenvalue weighted by Gasteiger charge is -2.04. The Hall–Kier alpha value is -2.41. The van der Waals surface area contributed by atoms with E-state index in [4.69, 9.17) is 4.74 Å². The maximum atomic E-state index is 11.8. The summed E-state index contributed by atoms with van der Waals surface area (Å²) in [6.45, 7) is 1.75. The molecule has 2 N–H and O–H groups in total. The molecule has 0 aliphatic carbocycles. The summed E-state index contributed by atoms with van der Waals surface area (Å²) < 4.78 is 5.16. The lowest BCUT2D eigenvalue weighted by molar-refractivity contribution is 0.415. The van der Waals surface area contributed by atoms with Crippen LogP contribution in [-0.4, -0.2) is 22.1 Å². The number of hydrogen-bond donors (Lipinski definition) is 2. The van der Waals surface area contributed by atoms with Crippen LogP contribution in [0.25, 0.3) is 10.3 Å². The minimum atomic E-state index is -0.220. The van der Waals surface area contributed by atoms with Gasteiger partial charge in [-0.3, -0.25) is 4.79 Å². The van der Waals surface area contributed by atoms with Gasteiger partial charge in [-0.15, -0.1) is 0 Å². The van der Waals surface area contributed by atoms with Crippen LogP contribution in [0.15, 0.2) is 29.1 Å². The largest absolute Gasteiger partial charge is 0.497 e. The molecule has 0 amide bonds. The second kappa shape index (κ2) is 4.93. The van der Waals surface area contributed by atoms with Crippen LogP contribution in [0.2, 0.25) is 0 Å². The number of aryl methyl sites for hydroxylation is 1. The van der Waals surface area contributed by atoms with Crippen LogP contribution in [0.3, 0.4) is 0 Å². The standard InChI is InChI=1S/C13H12N4O2S/c1-7-14-11(18)10-12(15-7)20-13(17-10)16-8-4-3-5-9(6-8)19-2/h3-6H,1-2H3,(H,16,17)(H,14,15,18). The third-order valence-corrected chi connectivity index (χ3v) is 3.57. The maximum absolute atomic E-state index is 11.8. The Morgan fingerprint density at radius 1 is 1.35 bits per heavy atom. The van der Waals surface area contributed by atoms with Crippen LogP contribution in [0, 0.1) is 6.92 Å². The van der Waals surface area contributed by atoms with Gasteiger partial charge < -0.3 is 15.0 Å². The van der Waals surface area contributed by atoms with Crippen LogP contribution >= 0.6 is 11.3 Å². The van der Waals surface area contributed by atoms with Gasteiger partial charge in [-0.05, 0) is 19.1 Å². The average molecular weight is 288 g/mol. The molecule has 0 radical (unpaired) electrons. The van der Waals surface area contributed by atoms with Crippen molar-refractivity contribution in [3.05, 3.63) is 40.4 Å². The molecule has 6 nitrogen and oxygen atoms in total. The zero-order valence-electron chi connectivity index (χ0n) is 10.9. The first kappa shape index (κ1) is 12.6. The van der Waals surface area contributed by atoms with Crippen LogP contribution in [0.5, 0.6) is 5.75 Å². The fourth-order valence-corrected chi connectivity index (χ4v) is 2.72. The summed E-state index contributed by atoms with van der Waals surface area (Å²) in [7, 11) is 1.61. The molecule has 0 fully saturated rings. The van der Waals surface area contributed by atoms with Crippen molar-refractivity contribution in [2.24, 2.45) is 0 Å². The molecule has 102 valence electrons. The van der Waals surface area contributed by atoms with Gasteiger partial charge in [0.25, 0.3) is 5.56 Å². The van der Waals surface area contributed by atoms with Gasteiger partial charge in [-0.1, -0.05) is 17.4 Å². The third kappa shape index (κ3) is 2.35. The molecule has 0 unspecified atom stereocenters. The van der Waals surface area contributed by atoms with Gasteiger partial charge in [0.05, 0.1) is 7.11 Å². The number of methoxy groups -OCH3 is 1. The highest BCUT2D eigenvalue weighted by molar-refractivity contribution is 7.21. The number of nitrogens with one attached hydrogen (secondary N) is 2. The number of aromatic nitrogens is 3. The number of nitrogens with zero attached hydrogens (tertiary/aromatic N) is 2. The summed E-state index contributed by atoms with van der Waals surface area (Å²) in [5, 5.41) is 3.77. The minimum absolute atomic E-state index is 0.220. The summed E-state index contributed by atoms with van der Waals surface area (Å²) in [6.07, 6.45) is 0. The van der Waals surface area contributed by atoms with E-state index in [1.165, 1.54) is 11.3 Å². The van der Waals surface area contributed by atoms with Gasteiger partial charge in [0.1, 0.15) is 11.6 Å². The van der Waals surface area contributed by atoms with E-state index in [0.717, 1.165) is 11.4 Å². The van der Waals surface area contributed by atoms with Crippen LogP contribution < -0.4 is 15.6 Å². The molecule has 0 spiro atoms. The second-order valence-corrected chi connectivity index (χ2v) is 5.16. The quantitative estimate of drug-likeness (QED) is 0.773. The molecule has 0 bridgehead atoms. The molecule has 20 heavy (non-hydrogen) atoms.